The minimum Gasteiger partial charge on any atom is -0.467 e. The van der Waals surface area contributed by atoms with Crippen LogP contribution in [0, 0.1) is 10.1 Å². The van der Waals surface area contributed by atoms with Crippen LogP contribution in [0.3, 0.4) is 0 Å². The topological polar surface area (TPSA) is 98.5 Å². The van der Waals surface area contributed by atoms with Crippen LogP contribution in [0.1, 0.15) is 27.0 Å². The number of benzene rings is 2. The first-order chi connectivity index (χ1) is 14.7. The first-order valence-corrected chi connectivity index (χ1v) is 8.64. The predicted octanol–water partition coefficient (Wildman–Crippen LogP) is 4.15. The molecular formula is C19H14F6N2O5. The van der Waals surface area contributed by atoms with E-state index >= 15 is 0 Å². The van der Waals surface area contributed by atoms with E-state index in [1.165, 1.54) is 18.2 Å². The molecule has 7 nitrogen and oxygen atoms in total. The normalized spacial score (nSPS) is 12.7. The molecule has 13 heteroatoms. The molecule has 0 radical (unpaired) electrons. The molecule has 1 atom stereocenters. The molecule has 0 aromatic heterocycles. The van der Waals surface area contributed by atoms with Crippen molar-refractivity contribution in [1.82, 2.24) is 5.32 Å². The predicted molar refractivity (Wildman–Crippen MR) is 96.5 cm³/mol. The molecule has 0 aliphatic carbocycles. The molecule has 172 valence electrons. The van der Waals surface area contributed by atoms with Crippen molar-refractivity contribution in [2.45, 2.75) is 24.8 Å². The number of hydrogen-bond donors (Lipinski definition) is 1. The van der Waals surface area contributed by atoms with E-state index in [-0.39, 0.29) is 23.8 Å². The Balaban J connectivity index is 2.43. The van der Waals surface area contributed by atoms with Crippen LogP contribution >= 0.6 is 0 Å². The van der Waals surface area contributed by atoms with Gasteiger partial charge in [0.2, 0.25) is 0 Å². The fourth-order valence-electron chi connectivity index (χ4n) is 2.74. The number of methoxy groups -OCH3 is 1. The molecule has 32 heavy (non-hydrogen) atoms. The largest absolute Gasteiger partial charge is 0.467 e. The zero-order valence-corrected chi connectivity index (χ0v) is 16.1. The number of carbonyl (C=O) groups excluding carboxylic acids is 2. The van der Waals surface area contributed by atoms with Crippen molar-refractivity contribution in [3.63, 3.8) is 0 Å². The second-order valence-electron chi connectivity index (χ2n) is 6.43. The Morgan fingerprint density at radius 3 is 2.03 bits per heavy atom. The molecule has 0 aliphatic heterocycles. The van der Waals surface area contributed by atoms with Crippen LogP contribution in [0.4, 0.5) is 32.0 Å². The molecule has 0 aliphatic rings. The van der Waals surface area contributed by atoms with Gasteiger partial charge in [0.05, 0.1) is 23.2 Å². The summed E-state index contributed by atoms with van der Waals surface area (Å²) in [4.78, 5) is 34.9. The maximum atomic E-state index is 13.0. The van der Waals surface area contributed by atoms with Crippen molar-refractivity contribution >= 4 is 17.6 Å². The molecule has 2 aromatic carbocycles. The lowest BCUT2D eigenvalue weighted by Crippen LogP contribution is -2.43. The first kappa shape index (κ1) is 24.6. The number of para-hydroxylation sites is 1. The molecule has 0 fully saturated rings. The van der Waals surface area contributed by atoms with Gasteiger partial charge in [-0.05, 0) is 18.2 Å². The van der Waals surface area contributed by atoms with Gasteiger partial charge in [0.15, 0.2) is 0 Å². The average Bonchev–Trinajstić information content (AvgIpc) is 2.71. The van der Waals surface area contributed by atoms with Gasteiger partial charge >= 0.3 is 18.3 Å². The van der Waals surface area contributed by atoms with Gasteiger partial charge in [-0.3, -0.25) is 14.9 Å². The second-order valence-corrected chi connectivity index (χ2v) is 6.43. The fourth-order valence-corrected chi connectivity index (χ4v) is 2.74. The molecule has 0 saturated carbocycles. The van der Waals surface area contributed by atoms with E-state index in [1.807, 2.05) is 5.32 Å². The lowest BCUT2D eigenvalue weighted by Gasteiger charge is -2.18. The zero-order chi connectivity index (χ0) is 24.3. The summed E-state index contributed by atoms with van der Waals surface area (Å²) < 4.78 is 82.6. The van der Waals surface area contributed by atoms with Crippen LogP contribution in [-0.2, 0) is 28.3 Å². The van der Waals surface area contributed by atoms with Crippen molar-refractivity contribution in [2.24, 2.45) is 0 Å². The van der Waals surface area contributed by atoms with Crippen LogP contribution in [0.5, 0.6) is 0 Å². The number of nitrogens with zero attached hydrogens (tertiary/aromatic N) is 1. The summed E-state index contributed by atoms with van der Waals surface area (Å²) >= 11 is 0. The average molecular weight is 464 g/mol. The van der Waals surface area contributed by atoms with E-state index in [4.69, 9.17) is 0 Å². The number of amides is 1. The maximum absolute atomic E-state index is 13.0. The SMILES string of the molecule is COC(=O)[C@@H](Cc1ccccc1[N+](=O)[O-])NC(=O)c1cc(C(F)(F)F)cc(C(F)(F)F)c1. The third-order valence-corrected chi connectivity index (χ3v) is 4.25. The summed E-state index contributed by atoms with van der Waals surface area (Å²) in [5.41, 5.74) is -4.87. The molecule has 1 N–H and O–H groups in total. The van der Waals surface area contributed by atoms with E-state index in [9.17, 15) is 46.0 Å². The minimum atomic E-state index is -5.18. The van der Waals surface area contributed by atoms with Gasteiger partial charge in [-0.25, -0.2) is 4.79 Å². The van der Waals surface area contributed by atoms with E-state index < -0.39 is 64.0 Å². The van der Waals surface area contributed by atoms with Crippen LogP contribution in [0.2, 0.25) is 0 Å². The number of nitro groups is 1. The molecule has 2 aromatic rings. The number of carbonyl (C=O) groups is 2. The minimum absolute atomic E-state index is 0.0202. The Bertz CT molecular complexity index is 1000. The Morgan fingerprint density at radius 1 is 1.03 bits per heavy atom. The van der Waals surface area contributed by atoms with E-state index in [0.717, 1.165) is 13.2 Å². The van der Waals surface area contributed by atoms with Crippen LogP contribution in [0.25, 0.3) is 0 Å². The number of ether oxygens (including phenoxy) is 1. The summed E-state index contributed by atoms with van der Waals surface area (Å²) in [7, 11) is 0.924. The summed E-state index contributed by atoms with van der Waals surface area (Å²) in [6, 6.07) is 3.75. The number of halogens is 6. The van der Waals surface area contributed by atoms with Gasteiger partial charge in [-0.2, -0.15) is 26.3 Å². The molecule has 0 unspecified atom stereocenters. The van der Waals surface area contributed by atoms with E-state index in [2.05, 4.69) is 4.74 Å². The molecular weight excluding hydrogens is 450 g/mol. The highest BCUT2D eigenvalue weighted by atomic mass is 19.4. The molecule has 0 saturated heterocycles. The maximum Gasteiger partial charge on any atom is 0.416 e. The number of alkyl halides is 6. The Hall–Kier alpha value is -3.64. The monoisotopic (exact) mass is 464 g/mol. The second kappa shape index (κ2) is 9.24. The van der Waals surface area contributed by atoms with Gasteiger partial charge in [-0.15, -0.1) is 0 Å². The van der Waals surface area contributed by atoms with E-state index in [0.29, 0.717) is 0 Å². The molecule has 2 rings (SSSR count). The van der Waals surface area contributed by atoms with Crippen molar-refractivity contribution in [3.8, 4) is 0 Å². The first-order valence-electron chi connectivity index (χ1n) is 8.64. The Labute approximate surface area is 176 Å². The number of hydrogen-bond acceptors (Lipinski definition) is 5. The highest BCUT2D eigenvalue weighted by Gasteiger charge is 2.38. The van der Waals surface area contributed by atoms with Crippen molar-refractivity contribution in [1.29, 1.82) is 0 Å². The number of rotatable bonds is 6. The molecule has 0 heterocycles. The Morgan fingerprint density at radius 2 is 1.56 bits per heavy atom. The Kier molecular flexibility index (Phi) is 7.11. The van der Waals surface area contributed by atoms with Gasteiger partial charge in [0.1, 0.15) is 6.04 Å². The van der Waals surface area contributed by atoms with Crippen LogP contribution in [-0.4, -0.2) is 30.0 Å². The van der Waals surface area contributed by atoms with Gasteiger partial charge < -0.3 is 10.1 Å². The molecule has 0 spiro atoms. The van der Waals surface area contributed by atoms with E-state index in [1.54, 1.807) is 0 Å². The fraction of sp³-hybridized carbons (Fsp3) is 0.263. The smallest absolute Gasteiger partial charge is 0.416 e. The standard InChI is InChI=1S/C19H14F6N2O5/c1-32-17(29)14(8-10-4-2-3-5-15(10)27(30)31)26-16(28)11-6-12(18(20,21)22)9-13(7-11)19(23,24)25/h2-7,9,14H,8H2,1H3,(H,26,28)/t14-/m1/s1. The quantitative estimate of drug-likeness (QED) is 0.300. The van der Waals surface area contributed by atoms with Gasteiger partial charge in [0.25, 0.3) is 11.6 Å². The van der Waals surface area contributed by atoms with Crippen molar-refractivity contribution < 1.29 is 45.6 Å². The third-order valence-electron chi connectivity index (χ3n) is 4.25. The summed E-state index contributed by atoms with van der Waals surface area (Å²) in [5.74, 6) is -2.55. The van der Waals surface area contributed by atoms with Gasteiger partial charge in [0, 0.05) is 23.6 Å². The molecule has 0 bridgehead atoms. The lowest BCUT2D eigenvalue weighted by atomic mass is 10.0. The highest BCUT2D eigenvalue weighted by molar-refractivity contribution is 5.97. The number of nitrogens with one attached hydrogen (secondary N) is 1. The van der Waals surface area contributed by atoms with Crippen molar-refractivity contribution in [3.05, 3.63) is 74.8 Å². The number of esters is 1. The third kappa shape index (κ3) is 5.95. The summed E-state index contributed by atoms with van der Waals surface area (Å²) in [6.07, 6.45) is -10.9. The lowest BCUT2D eigenvalue weighted by molar-refractivity contribution is -0.385. The summed E-state index contributed by atoms with van der Waals surface area (Å²) in [6.45, 7) is 0. The highest BCUT2D eigenvalue weighted by Crippen LogP contribution is 2.36. The number of nitro benzene ring substituents is 1. The van der Waals surface area contributed by atoms with Crippen molar-refractivity contribution in [2.75, 3.05) is 7.11 Å². The summed E-state index contributed by atoms with van der Waals surface area (Å²) in [5, 5.41) is 13.1. The van der Waals surface area contributed by atoms with Crippen LogP contribution < -0.4 is 5.32 Å². The van der Waals surface area contributed by atoms with Gasteiger partial charge in [-0.1, -0.05) is 18.2 Å². The zero-order valence-electron chi connectivity index (χ0n) is 16.1. The molecule has 1 amide bonds. The van der Waals surface area contributed by atoms with Crippen LogP contribution in [0.15, 0.2) is 42.5 Å².